The van der Waals surface area contributed by atoms with Crippen molar-refractivity contribution in [2.45, 2.75) is 6.92 Å². The lowest BCUT2D eigenvalue weighted by Gasteiger charge is -2.06. The molecule has 0 aromatic heterocycles. The molecule has 0 radical (unpaired) electrons. The Morgan fingerprint density at radius 1 is 1.50 bits per heavy atom. The number of anilines is 1. The van der Waals surface area contributed by atoms with Crippen molar-refractivity contribution in [2.75, 3.05) is 11.9 Å². The van der Waals surface area contributed by atoms with Crippen molar-refractivity contribution in [1.29, 1.82) is 0 Å². The summed E-state index contributed by atoms with van der Waals surface area (Å²) in [5.41, 5.74) is 0.0420. The second kappa shape index (κ2) is 5.60. The largest absolute Gasteiger partial charge is 0.456 e. The van der Waals surface area contributed by atoms with Gasteiger partial charge in [0.25, 0.3) is 5.91 Å². The van der Waals surface area contributed by atoms with Gasteiger partial charge in [0.05, 0.1) is 5.69 Å². The summed E-state index contributed by atoms with van der Waals surface area (Å²) in [6.07, 6.45) is 0. The minimum atomic E-state index is -0.587. The monoisotopic (exact) mass is 289 g/mol. The smallest absolute Gasteiger partial charge is 0.303 e. The molecule has 1 N–H and O–H groups in total. The summed E-state index contributed by atoms with van der Waals surface area (Å²) in [5.74, 6) is -1.71. The van der Waals surface area contributed by atoms with Gasteiger partial charge in [0, 0.05) is 11.4 Å². The van der Waals surface area contributed by atoms with E-state index in [-0.39, 0.29) is 5.69 Å². The fraction of sp³-hybridized carbons (Fsp3) is 0.200. The first kappa shape index (κ1) is 12.6. The van der Waals surface area contributed by atoms with Gasteiger partial charge >= 0.3 is 5.97 Å². The number of amides is 1. The highest BCUT2D eigenvalue weighted by Crippen LogP contribution is 2.19. The van der Waals surface area contributed by atoms with Crippen LogP contribution in [-0.4, -0.2) is 18.5 Å². The van der Waals surface area contributed by atoms with E-state index in [0.717, 1.165) is 0 Å². The molecule has 1 rings (SSSR count). The van der Waals surface area contributed by atoms with E-state index in [2.05, 4.69) is 26.0 Å². The number of esters is 1. The van der Waals surface area contributed by atoms with E-state index in [1.807, 2.05) is 0 Å². The van der Waals surface area contributed by atoms with Crippen molar-refractivity contribution in [3.8, 4) is 0 Å². The Labute approximate surface area is 99.9 Å². The summed E-state index contributed by atoms with van der Waals surface area (Å²) < 4.78 is 18.3. The van der Waals surface area contributed by atoms with Crippen LogP contribution in [-0.2, 0) is 14.3 Å². The molecule has 0 spiro atoms. The predicted octanol–water partition coefficient (Wildman–Crippen LogP) is 2.09. The molecule has 1 amide bonds. The number of hydrogen-bond donors (Lipinski definition) is 1. The number of nitrogens with one attached hydrogen (secondary N) is 1. The van der Waals surface area contributed by atoms with E-state index in [4.69, 9.17) is 0 Å². The highest BCUT2D eigenvalue weighted by Gasteiger charge is 2.08. The topological polar surface area (TPSA) is 55.4 Å². The first-order valence-electron chi connectivity index (χ1n) is 4.37. The van der Waals surface area contributed by atoms with Crippen LogP contribution in [0.1, 0.15) is 6.92 Å². The lowest BCUT2D eigenvalue weighted by molar-refractivity contribution is -0.144. The molecule has 0 bridgehead atoms. The first-order valence-corrected chi connectivity index (χ1v) is 5.16. The van der Waals surface area contributed by atoms with Crippen LogP contribution < -0.4 is 5.32 Å². The lowest BCUT2D eigenvalue weighted by Crippen LogP contribution is -2.20. The molecular formula is C10H9BrFNO3. The highest BCUT2D eigenvalue weighted by molar-refractivity contribution is 9.10. The van der Waals surface area contributed by atoms with Crippen molar-refractivity contribution in [1.82, 2.24) is 0 Å². The Bertz CT molecular complexity index is 423. The summed E-state index contributed by atoms with van der Waals surface area (Å²) in [4.78, 5) is 21.6. The normalized spacial score (nSPS) is 9.69. The molecule has 0 unspecified atom stereocenters. The third-order valence-electron chi connectivity index (χ3n) is 1.61. The highest BCUT2D eigenvalue weighted by atomic mass is 79.9. The second-order valence-corrected chi connectivity index (χ2v) is 3.87. The van der Waals surface area contributed by atoms with Crippen molar-refractivity contribution in [3.05, 3.63) is 28.5 Å². The molecule has 0 saturated carbocycles. The number of carbonyl (C=O) groups is 2. The third-order valence-corrected chi connectivity index (χ3v) is 2.10. The third kappa shape index (κ3) is 3.98. The SMILES string of the molecule is CC(=O)OCC(=O)Nc1ccc(Br)cc1F. The second-order valence-electron chi connectivity index (χ2n) is 2.95. The van der Waals surface area contributed by atoms with Gasteiger partial charge in [-0.1, -0.05) is 15.9 Å². The molecular weight excluding hydrogens is 281 g/mol. The van der Waals surface area contributed by atoms with E-state index < -0.39 is 24.3 Å². The number of halogens is 2. The van der Waals surface area contributed by atoms with Gasteiger partial charge in [0.2, 0.25) is 0 Å². The minimum Gasteiger partial charge on any atom is -0.456 e. The Morgan fingerprint density at radius 2 is 2.19 bits per heavy atom. The van der Waals surface area contributed by atoms with Gasteiger partial charge in [-0.05, 0) is 18.2 Å². The van der Waals surface area contributed by atoms with Crippen LogP contribution in [0.2, 0.25) is 0 Å². The Morgan fingerprint density at radius 3 is 2.75 bits per heavy atom. The number of ether oxygens (including phenoxy) is 1. The Hall–Kier alpha value is -1.43. The van der Waals surface area contributed by atoms with Crippen LogP contribution in [0, 0.1) is 5.82 Å². The zero-order valence-electron chi connectivity index (χ0n) is 8.42. The molecule has 6 heteroatoms. The quantitative estimate of drug-likeness (QED) is 0.867. The van der Waals surface area contributed by atoms with Crippen LogP contribution in [0.5, 0.6) is 0 Å². The molecule has 16 heavy (non-hydrogen) atoms. The van der Waals surface area contributed by atoms with Crippen LogP contribution in [0.15, 0.2) is 22.7 Å². The Kier molecular flexibility index (Phi) is 4.42. The molecule has 0 atom stereocenters. The number of rotatable bonds is 3. The van der Waals surface area contributed by atoms with E-state index in [1.54, 1.807) is 6.07 Å². The van der Waals surface area contributed by atoms with Gasteiger partial charge in [-0.15, -0.1) is 0 Å². The molecule has 1 aromatic carbocycles. The van der Waals surface area contributed by atoms with Crippen molar-refractivity contribution >= 4 is 33.5 Å². The molecule has 0 saturated heterocycles. The van der Waals surface area contributed by atoms with Crippen LogP contribution in [0.4, 0.5) is 10.1 Å². The maximum atomic E-state index is 13.3. The fourth-order valence-electron chi connectivity index (χ4n) is 0.944. The predicted molar refractivity (Wildman–Crippen MR) is 59.4 cm³/mol. The zero-order valence-corrected chi connectivity index (χ0v) is 10.0. The number of hydrogen-bond acceptors (Lipinski definition) is 3. The van der Waals surface area contributed by atoms with Gasteiger partial charge in [-0.3, -0.25) is 9.59 Å². The molecule has 1 aromatic rings. The maximum Gasteiger partial charge on any atom is 0.303 e. The van der Waals surface area contributed by atoms with E-state index in [1.165, 1.54) is 19.1 Å². The van der Waals surface area contributed by atoms with Crippen LogP contribution in [0.3, 0.4) is 0 Å². The van der Waals surface area contributed by atoms with Gasteiger partial charge in [0.15, 0.2) is 6.61 Å². The number of benzene rings is 1. The van der Waals surface area contributed by atoms with Gasteiger partial charge in [0.1, 0.15) is 5.82 Å². The zero-order chi connectivity index (χ0) is 12.1. The van der Waals surface area contributed by atoms with Crippen molar-refractivity contribution in [3.63, 3.8) is 0 Å². The summed E-state index contributed by atoms with van der Waals surface area (Å²) in [6, 6.07) is 4.22. The van der Waals surface area contributed by atoms with Crippen molar-refractivity contribution < 1.29 is 18.7 Å². The number of carbonyl (C=O) groups excluding carboxylic acids is 2. The molecule has 0 aliphatic carbocycles. The average molecular weight is 290 g/mol. The standard InChI is InChI=1S/C10H9BrFNO3/c1-6(14)16-5-10(15)13-9-3-2-7(11)4-8(9)12/h2-4H,5H2,1H3,(H,13,15). The van der Waals surface area contributed by atoms with Crippen LogP contribution in [0.25, 0.3) is 0 Å². The Balaban J connectivity index is 2.59. The van der Waals surface area contributed by atoms with Gasteiger partial charge < -0.3 is 10.1 Å². The molecule has 86 valence electrons. The summed E-state index contributed by atoms with van der Waals surface area (Å²) in [7, 11) is 0. The first-order chi connectivity index (χ1) is 7.49. The van der Waals surface area contributed by atoms with Gasteiger partial charge in [-0.2, -0.15) is 0 Å². The molecule has 0 aliphatic heterocycles. The summed E-state index contributed by atoms with van der Waals surface area (Å²) >= 11 is 3.09. The maximum absolute atomic E-state index is 13.3. The van der Waals surface area contributed by atoms with Crippen molar-refractivity contribution in [2.24, 2.45) is 0 Å². The summed E-state index contributed by atoms with van der Waals surface area (Å²) in [6.45, 7) is 0.762. The average Bonchev–Trinajstić information content (AvgIpc) is 2.19. The van der Waals surface area contributed by atoms with Gasteiger partial charge in [-0.25, -0.2) is 4.39 Å². The molecule has 0 fully saturated rings. The molecule has 0 heterocycles. The van der Waals surface area contributed by atoms with Crippen LogP contribution >= 0.6 is 15.9 Å². The molecule has 0 aliphatic rings. The lowest BCUT2D eigenvalue weighted by atomic mass is 10.3. The van der Waals surface area contributed by atoms with E-state index in [0.29, 0.717) is 4.47 Å². The summed E-state index contributed by atoms with van der Waals surface area (Å²) in [5, 5.41) is 2.28. The van der Waals surface area contributed by atoms with E-state index >= 15 is 0 Å². The minimum absolute atomic E-state index is 0.0420. The molecule has 4 nitrogen and oxygen atoms in total. The fourth-order valence-corrected chi connectivity index (χ4v) is 1.28. The van der Waals surface area contributed by atoms with E-state index in [9.17, 15) is 14.0 Å².